The van der Waals surface area contributed by atoms with Gasteiger partial charge in [0.15, 0.2) is 11.5 Å². The number of rotatable bonds is 2. The highest BCUT2D eigenvalue weighted by Gasteiger charge is 2.33. The zero-order chi connectivity index (χ0) is 20.5. The second kappa shape index (κ2) is 8.01. The van der Waals surface area contributed by atoms with Crippen molar-refractivity contribution in [3.05, 3.63) is 59.2 Å². The molecule has 2 aromatic rings. The van der Waals surface area contributed by atoms with Gasteiger partial charge in [-0.15, -0.1) is 0 Å². The van der Waals surface area contributed by atoms with Crippen molar-refractivity contribution < 1.29 is 19.1 Å². The summed E-state index contributed by atoms with van der Waals surface area (Å²) in [7, 11) is 0. The lowest BCUT2D eigenvalue weighted by atomic mass is 9.90. The van der Waals surface area contributed by atoms with Gasteiger partial charge in [0.05, 0.1) is 0 Å². The number of para-hydroxylation sites is 2. The van der Waals surface area contributed by atoms with Crippen molar-refractivity contribution >= 4 is 11.8 Å². The van der Waals surface area contributed by atoms with Crippen LogP contribution in [-0.4, -0.2) is 60.5 Å². The second-order valence-corrected chi connectivity index (χ2v) is 8.17. The zero-order valence-electron chi connectivity index (χ0n) is 17.0. The molecule has 0 radical (unpaired) electrons. The molecule has 0 bridgehead atoms. The van der Waals surface area contributed by atoms with Crippen molar-refractivity contribution in [1.29, 1.82) is 0 Å². The third kappa shape index (κ3) is 3.62. The molecule has 1 unspecified atom stereocenters. The minimum Gasteiger partial charge on any atom is -0.485 e. The van der Waals surface area contributed by atoms with Crippen LogP contribution >= 0.6 is 0 Å². The van der Waals surface area contributed by atoms with Gasteiger partial charge in [0.25, 0.3) is 11.8 Å². The lowest BCUT2D eigenvalue weighted by Gasteiger charge is -2.37. The first kappa shape index (κ1) is 19.0. The number of ether oxygens (including phenoxy) is 2. The van der Waals surface area contributed by atoms with E-state index >= 15 is 0 Å². The van der Waals surface area contributed by atoms with Crippen molar-refractivity contribution in [2.75, 3.05) is 32.8 Å². The Morgan fingerprint density at radius 3 is 2.33 bits per heavy atom. The van der Waals surface area contributed by atoms with E-state index in [2.05, 4.69) is 12.1 Å². The Labute approximate surface area is 176 Å². The van der Waals surface area contributed by atoms with Gasteiger partial charge in [0.1, 0.15) is 6.61 Å². The van der Waals surface area contributed by atoms with Crippen molar-refractivity contribution in [2.45, 2.75) is 31.8 Å². The maximum Gasteiger partial charge on any atom is 0.267 e. The van der Waals surface area contributed by atoms with E-state index in [-0.39, 0.29) is 18.4 Å². The molecule has 1 saturated heterocycles. The Balaban J connectivity index is 1.19. The lowest BCUT2D eigenvalue weighted by Crippen LogP contribution is -2.55. The topological polar surface area (TPSA) is 59.1 Å². The summed E-state index contributed by atoms with van der Waals surface area (Å²) < 4.78 is 11.5. The van der Waals surface area contributed by atoms with Crippen LogP contribution in [0.2, 0.25) is 0 Å². The molecule has 5 rings (SSSR count). The predicted molar refractivity (Wildman–Crippen MR) is 112 cm³/mol. The first-order valence-electron chi connectivity index (χ1n) is 10.8. The van der Waals surface area contributed by atoms with Gasteiger partial charge in [0.2, 0.25) is 6.10 Å². The van der Waals surface area contributed by atoms with Crippen LogP contribution in [-0.2, 0) is 17.6 Å². The summed E-state index contributed by atoms with van der Waals surface area (Å²) in [5, 5.41) is 0. The molecular formula is C24H26N2O4. The Morgan fingerprint density at radius 1 is 0.833 bits per heavy atom. The maximum absolute atomic E-state index is 13.0. The van der Waals surface area contributed by atoms with E-state index in [0.717, 1.165) is 18.4 Å². The fourth-order valence-electron chi connectivity index (χ4n) is 4.52. The average molecular weight is 406 g/mol. The summed E-state index contributed by atoms with van der Waals surface area (Å²) >= 11 is 0. The van der Waals surface area contributed by atoms with Crippen LogP contribution in [0.1, 0.15) is 34.3 Å². The van der Waals surface area contributed by atoms with Gasteiger partial charge in [-0.2, -0.15) is 0 Å². The SMILES string of the molecule is O=C(c1ccc2c(c1)CCCC2)N1CCN(C(=O)C2COc3ccccc3O2)CC1. The summed E-state index contributed by atoms with van der Waals surface area (Å²) in [5.41, 5.74) is 3.45. The lowest BCUT2D eigenvalue weighted by molar-refractivity contribution is -0.142. The molecule has 1 aliphatic carbocycles. The summed E-state index contributed by atoms with van der Waals surface area (Å²) in [5.74, 6) is 1.25. The first-order valence-corrected chi connectivity index (χ1v) is 10.8. The summed E-state index contributed by atoms with van der Waals surface area (Å²) in [6.07, 6.45) is 3.97. The summed E-state index contributed by atoms with van der Waals surface area (Å²) in [4.78, 5) is 29.5. The fourth-order valence-corrected chi connectivity index (χ4v) is 4.52. The Hall–Kier alpha value is -3.02. The molecule has 0 N–H and O–H groups in total. The van der Waals surface area contributed by atoms with Gasteiger partial charge in [-0.25, -0.2) is 0 Å². The van der Waals surface area contributed by atoms with Crippen molar-refractivity contribution in [3.8, 4) is 11.5 Å². The number of hydrogen-bond donors (Lipinski definition) is 0. The van der Waals surface area contributed by atoms with E-state index < -0.39 is 6.10 Å². The van der Waals surface area contributed by atoms with Crippen LogP contribution < -0.4 is 9.47 Å². The van der Waals surface area contributed by atoms with Gasteiger partial charge in [-0.1, -0.05) is 18.2 Å². The van der Waals surface area contributed by atoms with Crippen LogP contribution in [0, 0.1) is 0 Å². The molecular weight excluding hydrogens is 380 g/mol. The number of nitrogens with zero attached hydrogens (tertiary/aromatic N) is 2. The highest BCUT2D eigenvalue weighted by Crippen LogP contribution is 2.31. The van der Waals surface area contributed by atoms with Gasteiger partial charge < -0.3 is 19.3 Å². The normalized spacial score (nSPS) is 20.5. The van der Waals surface area contributed by atoms with E-state index in [0.29, 0.717) is 37.7 Å². The molecule has 30 heavy (non-hydrogen) atoms. The maximum atomic E-state index is 13.0. The minimum atomic E-state index is -0.636. The number of benzene rings is 2. The van der Waals surface area contributed by atoms with Crippen LogP contribution in [0.15, 0.2) is 42.5 Å². The van der Waals surface area contributed by atoms with Crippen LogP contribution in [0.3, 0.4) is 0 Å². The summed E-state index contributed by atoms with van der Waals surface area (Å²) in [6.45, 7) is 2.30. The number of carbonyl (C=O) groups excluding carboxylic acids is 2. The monoisotopic (exact) mass is 406 g/mol. The molecule has 2 amide bonds. The summed E-state index contributed by atoms with van der Waals surface area (Å²) in [6, 6.07) is 13.5. The number of amides is 2. The van der Waals surface area contributed by atoms with Crippen molar-refractivity contribution in [2.24, 2.45) is 0 Å². The van der Waals surface area contributed by atoms with Crippen molar-refractivity contribution in [1.82, 2.24) is 9.80 Å². The molecule has 0 spiro atoms. The molecule has 1 fully saturated rings. The molecule has 2 heterocycles. The molecule has 6 nitrogen and oxygen atoms in total. The first-order chi connectivity index (χ1) is 14.7. The molecule has 3 aliphatic rings. The molecule has 0 saturated carbocycles. The van der Waals surface area contributed by atoms with E-state index in [1.807, 2.05) is 35.2 Å². The number of carbonyl (C=O) groups is 2. The molecule has 2 aliphatic heterocycles. The molecule has 0 aromatic heterocycles. The predicted octanol–water partition coefficient (Wildman–Crippen LogP) is 2.69. The highest BCUT2D eigenvalue weighted by atomic mass is 16.6. The van der Waals surface area contributed by atoms with Gasteiger partial charge >= 0.3 is 0 Å². The third-order valence-corrected chi connectivity index (χ3v) is 6.26. The zero-order valence-corrected chi connectivity index (χ0v) is 17.0. The molecule has 1 atom stereocenters. The van der Waals surface area contributed by atoms with Gasteiger partial charge in [-0.05, 0) is 61.1 Å². The number of piperazine rings is 1. The van der Waals surface area contributed by atoms with Crippen molar-refractivity contribution in [3.63, 3.8) is 0 Å². The van der Waals surface area contributed by atoms with Gasteiger partial charge in [-0.3, -0.25) is 9.59 Å². The minimum absolute atomic E-state index is 0.0571. The molecule has 156 valence electrons. The Morgan fingerprint density at radius 2 is 1.53 bits per heavy atom. The quantitative estimate of drug-likeness (QED) is 0.770. The van der Waals surface area contributed by atoms with E-state index in [9.17, 15) is 9.59 Å². The second-order valence-electron chi connectivity index (χ2n) is 8.17. The molecule has 2 aromatic carbocycles. The van der Waals surface area contributed by atoms with Crippen LogP contribution in [0.4, 0.5) is 0 Å². The van der Waals surface area contributed by atoms with Gasteiger partial charge in [0, 0.05) is 31.7 Å². The standard InChI is InChI=1S/C24H26N2O4/c27-23(19-10-9-17-5-1-2-6-18(17)15-19)25-11-13-26(14-12-25)24(28)22-16-29-20-7-3-4-8-21(20)30-22/h3-4,7-10,15,22H,1-2,5-6,11-14,16H2. The average Bonchev–Trinajstić information content (AvgIpc) is 2.82. The number of fused-ring (bicyclic) bond motifs is 2. The molecule has 6 heteroatoms. The highest BCUT2D eigenvalue weighted by molar-refractivity contribution is 5.94. The van der Waals surface area contributed by atoms with E-state index in [1.165, 1.54) is 24.0 Å². The number of hydrogen-bond acceptors (Lipinski definition) is 4. The largest absolute Gasteiger partial charge is 0.485 e. The Bertz CT molecular complexity index is 965. The number of aryl methyl sites for hydroxylation is 2. The smallest absolute Gasteiger partial charge is 0.267 e. The van der Waals surface area contributed by atoms with E-state index in [4.69, 9.17) is 9.47 Å². The fraction of sp³-hybridized carbons (Fsp3) is 0.417. The Kier molecular flexibility index (Phi) is 5.07. The third-order valence-electron chi connectivity index (χ3n) is 6.26. The van der Waals surface area contributed by atoms with E-state index in [1.54, 1.807) is 4.90 Å². The van der Waals surface area contributed by atoms with Crippen LogP contribution in [0.25, 0.3) is 0 Å². The van der Waals surface area contributed by atoms with Crippen LogP contribution in [0.5, 0.6) is 11.5 Å².